The van der Waals surface area contributed by atoms with Gasteiger partial charge in [-0.3, -0.25) is 9.69 Å². The molecule has 2 aromatic heterocycles. The van der Waals surface area contributed by atoms with Gasteiger partial charge in [-0.05, 0) is 23.3 Å². The third-order valence-electron chi connectivity index (χ3n) is 4.78. The number of pyridine rings is 1. The highest BCUT2D eigenvalue weighted by Gasteiger charge is 2.11. The molecular weight excluding hydrogens is 340 g/mol. The number of hydrogen-bond acceptors (Lipinski definition) is 4. The minimum Gasteiger partial charge on any atom is -0.379 e. The zero-order chi connectivity index (χ0) is 18.5. The van der Waals surface area contributed by atoms with Crippen LogP contribution in [0, 0.1) is 0 Å². The summed E-state index contributed by atoms with van der Waals surface area (Å²) in [6.45, 7) is 5.09. The van der Waals surface area contributed by atoms with Crippen LogP contribution in [0.25, 0.3) is 5.65 Å². The van der Waals surface area contributed by atoms with E-state index in [1.165, 1.54) is 5.56 Å². The van der Waals surface area contributed by atoms with Gasteiger partial charge >= 0.3 is 0 Å². The maximum Gasteiger partial charge on any atom is 0.226 e. The van der Waals surface area contributed by atoms with E-state index in [2.05, 4.69) is 39.5 Å². The van der Waals surface area contributed by atoms with Crippen molar-refractivity contribution >= 4 is 11.6 Å². The summed E-state index contributed by atoms with van der Waals surface area (Å²) >= 11 is 0. The lowest BCUT2D eigenvalue weighted by Crippen LogP contribution is -2.35. The zero-order valence-electron chi connectivity index (χ0n) is 15.3. The van der Waals surface area contributed by atoms with Crippen molar-refractivity contribution in [2.75, 3.05) is 26.3 Å². The smallest absolute Gasteiger partial charge is 0.226 e. The first-order valence-electron chi connectivity index (χ1n) is 9.33. The molecule has 6 nitrogen and oxygen atoms in total. The van der Waals surface area contributed by atoms with E-state index < -0.39 is 0 Å². The molecule has 1 fully saturated rings. The fourth-order valence-corrected chi connectivity index (χ4v) is 3.28. The van der Waals surface area contributed by atoms with Crippen LogP contribution in [-0.2, 0) is 29.0 Å². The predicted octanol–water partition coefficient (Wildman–Crippen LogP) is 2.03. The number of carbonyl (C=O) groups is 1. The van der Waals surface area contributed by atoms with E-state index in [1.54, 1.807) is 0 Å². The largest absolute Gasteiger partial charge is 0.379 e. The molecule has 0 radical (unpaired) electrons. The summed E-state index contributed by atoms with van der Waals surface area (Å²) in [6, 6.07) is 14.3. The quantitative estimate of drug-likeness (QED) is 0.727. The summed E-state index contributed by atoms with van der Waals surface area (Å²) in [5.74, 6) is -0.0178. The Balaban J connectivity index is 1.27. The van der Waals surface area contributed by atoms with Crippen LogP contribution in [0.4, 0.5) is 0 Å². The van der Waals surface area contributed by atoms with E-state index in [1.807, 2.05) is 35.0 Å². The maximum absolute atomic E-state index is 12.2. The maximum atomic E-state index is 12.2. The van der Waals surface area contributed by atoms with E-state index >= 15 is 0 Å². The first-order valence-corrected chi connectivity index (χ1v) is 9.33. The van der Waals surface area contributed by atoms with Crippen LogP contribution in [0.15, 0.2) is 54.9 Å². The number of morpholine rings is 1. The molecule has 27 heavy (non-hydrogen) atoms. The van der Waals surface area contributed by atoms with Gasteiger partial charge in [-0.2, -0.15) is 0 Å². The lowest BCUT2D eigenvalue weighted by Gasteiger charge is -2.26. The molecule has 0 aliphatic carbocycles. The number of carbonyl (C=O) groups excluding carboxylic acids is 1. The second-order valence-corrected chi connectivity index (χ2v) is 6.86. The molecular formula is C21H24N4O2. The number of nitrogens with zero attached hydrogens (tertiary/aromatic N) is 3. The van der Waals surface area contributed by atoms with Gasteiger partial charge in [-0.15, -0.1) is 0 Å². The van der Waals surface area contributed by atoms with Gasteiger partial charge in [-0.25, -0.2) is 4.98 Å². The minimum atomic E-state index is -0.0178. The molecule has 0 spiro atoms. The van der Waals surface area contributed by atoms with Crippen molar-refractivity contribution in [2.45, 2.75) is 19.5 Å². The monoisotopic (exact) mass is 364 g/mol. The Morgan fingerprint density at radius 3 is 2.63 bits per heavy atom. The highest BCUT2D eigenvalue weighted by Crippen LogP contribution is 2.10. The molecule has 1 amide bonds. The first-order chi connectivity index (χ1) is 13.3. The predicted molar refractivity (Wildman–Crippen MR) is 103 cm³/mol. The highest BCUT2D eigenvalue weighted by molar-refractivity contribution is 5.78. The van der Waals surface area contributed by atoms with E-state index in [9.17, 15) is 4.79 Å². The van der Waals surface area contributed by atoms with Crippen molar-refractivity contribution in [2.24, 2.45) is 0 Å². The fraction of sp³-hybridized carbons (Fsp3) is 0.333. The average Bonchev–Trinajstić information content (AvgIpc) is 3.10. The Bertz CT molecular complexity index is 865. The summed E-state index contributed by atoms with van der Waals surface area (Å²) in [5.41, 5.74) is 4.02. The van der Waals surface area contributed by atoms with Crippen molar-refractivity contribution in [1.29, 1.82) is 0 Å². The Morgan fingerprint density at radius 2 is 1.85 bits per heavy atom. The number of rotatable bonds is 6. The molecule has 0 bridgehead atoms. The van der Waals surface area contributed by atoms with Gasteiger partial charge in [0.25, 0.3) is 0 Å². The molecule has 0 saturated carbocycles. The van der Waals surface area contributed by atoms with Gasteiger partial charge in [0, 0.05) is 38.6 Å². The minimum absolute atomic E-state index is 0.0178. The lowest BCUT2D eigenvalue weighted by atomic mass is 10.1. The van der Waals surface area contributed by atoms with Crippen molar-refractivity contribution < 1.29 is 9.53 Å². The molecule has 3 aromatic rings. The molecule has 1 saturated heterocycles. The van der Waals surface area contributed by atoms with Crippen molar-refractivity contribution in [3.63, 3.8) is 0 Å². The number of hydrogen-bond donors (Lipinski definition) is 1. The fourth-order valence-electron chi connectivity index (χ4n) is 3.28. The number of ether oxygens (including phenoxy) is 1. The summed E-state index contributed by atoms with van der Waals surface area (Å²) in [6.07, 6.45) is 4.12. The molecule has 1 N–H and O–H groups in total. The lowest BCUT2D eigenvalue weighted by molar-refractivity contribution is -0.120. The zero-order valence-corrected chi connectivity index (χ0v) is 15.3. The van der Waals surface area contributed by atoms with Crippen LogP contribution in [0.2, 0.25) is 0 Å². The van der Waals surface area contributed by atoms with Crippen LogP contribution in [0.3, 0.4) is 0 Å². The number of nitrogens with one attached hydrogen (secondary N) is 1. The van der Waals surface area contributed by atoms with E-state index in [-0.39, 0.29) is 12.3 Å². The summed E-state index contributed by atoms with van der Waals surface area (Å²) in [7, 11) is 0. The van der Waals surface area contributed by atoms with Gasteiger partial charge in [0.1, 0.15) is 5.65 Å². The molecule has 0 unspecified atom stereocenters. The van der Waals surface area contributed by atoms with Crippen LogP contribution in [-0.4, -0.2) is 46.5 Å². The molecule has 0 atom stereocenters. The van der Waals surface area contributed by atoms with Gasteiger partial charge in [0.05, 0.1) is 25.3 Å². The number of aromatic nitrogens is 2. The second kappa shape index (κ2) is 8.33. The third kappa shape index (κ3) is 4.72. The van der Waals surface area contributed by atoms with Crippen molar-refractivity contribution in [1.82, 2.24) is 19.6 Å². The van der Waals surface area contributed by atoms with Crippen LogP contribution in [0.5, 0.6) is 0 Å². The van der Waals surface area contributed by atoms with E-state index in [0.29, 0.717) is 6.54 Å². The Kier molecular flexibility index (Phi) is 5.46. The second-order valence-electron chi connectivity index (χ2n) is 6.86. The molecule has 1 aromatic carbocycles. The van der Waals surface area contributed by atoms with E-state index in [0.717, 1.165) is 49.8 Å². The van der Waals surface area contributed by atoms with E-state index in [4.69, 9.17) is 4.74 Å². The normalized spacial score (nSPS) is 15.1. The topological polar surface area (TPSA) is 58.9 Å². The van der Waals surface area contributed by atoms with Gasteiger partial charge < -0.3 is 14.5 Å². The van der Waals surface area contributed by atoms with Crippen LogP contribution >= 0.6 is 0 Å². The van der Waals surface area contributed by atoms with Gasteiger partial charge in [0.2, 0.25) is 5.91 Å². The number of fused-ring (bicyclic) bond motifs is 1. The molecule has 6 heteroatoms. The number of benzene rings is 1. The molecule has 3 heterocycles. The van der Waals surface area contributed by atoms with Crippen LogP contribution < -0.4 is 5.32 Å². The standard InChI is InChI=1S/C21H24N4O2/c26-21(13-19-16-25-8-2-1-3-20(25)23-19)22-14-17-4-6-18(7-5-17)15-24-9-11-27-12-10-24/h1-8,16H,9-15H2,(H,22,26). The molecule has 140 valence electrons. The molecule has 4 rings (SSSR count). The molecule has 1 aliphatic rings. The van der Waals surface area contributed by atoms with Crippen LogP contribution in [0.1, 0.15) is 16.8 Å². The number of imidazole rings is 1. The van der Waals surface area contributed by atoms with Gasteiger partial charge in [0.15, 0.2) is 0 Å². The third-order valence-corrected chi connectivity index (χ3v) is 4.78. The average molecular weight is 364 g/mol. The summed E-state index contributed by atoms with van der Waals surface area (Å²) < 4.78 is 7.31. The van der Waals surface area contributed by atoms with Gasteiger partial charge in [-0.1, -0.05) is 30.3 Å². The van der Waals surface area contributed by atoms with Crippen molar-refractivity contribution in [3.8, 4) is 0 Å². The van der Waals surface area contributed by atoms with Crippen molar-refractivity contribution in [3.05, 3.63) is 71.7 Å². The summed E-state index contributed by atoms with van der Waals surface area (Å²) in [5, 5.41) is 2.98. The summed E-state index contributed by atoms with van der Waals surface area (Å²) in [4.78, 5) is 19.1. The first kappa shape index (κ1) is 17.7. The number of amides is 1. The SMILES string of the molecule is O=C(Cc1cn2ccccc2n1)NCc1ccc(CN2CCOCC2)cc1. The molecule has 1 aliphatic heterocycles. The Labute approximate surface area is 158 Å². The Hall–Kier alpha value is -2.70. The highest BCUT2D eigenvalue weighted by atomic mass is 16.5. The Morgan fingerprint density at radius 1 is 1.07 bits per heavy atom.